The molecule has 0 spiro atoms. The third kappa shape index (κ3) is 2.86. The lowest BCUT2D eigenvalue weighted by atomic mass is 10.3. The van der Waals surface area contributed by atoms with Crippen molar-refractivity contribution in [3.63, 3.8) is 0 Å². The molecule has 1 amide bonds. The summed E-state index contributed by atoms with van der Waals surface area (Å²) in [5.41, 5.74) is 0.915. The number of carbonyl (C=O) groups excluding carboxylic acids is 1. The number of hydrogen-bond acceptors (Lipinski definition) is 6. The van der Waals surface area contributed by atoms with Gasteiger partial charge >= 0.3 is 0 Å². The molecular weight excluding hydrogens is 296 g/mol. The Balaban J connectivity index is 1.40. The average Bonchev–Trinajstić information content (AvgIpc) is 3.27. The zero-order valence-corrected chi connectivity index (χ0v) is 13.2. The molecule has 0 aliphatic carbocycles. The number of aromatic nitrogens is 4. The van der Waals surface area contributed by atoms with Crippen LogP contribution >= 0.6 is 0 Å². The molecule has 4 rings (SSSR count). The second-order valence-electron chi connectivity index (χ2n) is 6.24. The Morgan fingerprint density at radius 1 is 1.39 bits per heavy atom. The van der Waals surface area contributed by atoms with Crippen molar-refractivity contribution in [1.82, 2.24) is 24.8 Å². The van der Waals surface area contributed by atoms with Crippen molar-refractivity contribution in [1.29, 1.82) is 0 Å². The minimum Gasteiger partial charge on any atom is -0.338 e. The molecule has 1 unspecified atom stereocenters. The van der Waals surface area contributed by atoms with Crippen LogP contribution in [0.1, 0.15) is 37.0 Å². The molecule has 8 nitrogen and oxygen atoms in total. The molecule has 2 aliphatic heterocycles. The normalized spacial score (nSPS) is 22.4. The first-order valence-electron chi connectivity index (χ1n) is 8.05. The van der Waals surface area contributed by atoms with Crippen molar-refractivity contribution in [3.8, 4) is 0 Å². The molecule has 2 aromatic rings. The molecule has 2 saturated heterocycles. The number of likely N-dealkylation sites (tertiary alicyclic amines) is 1. The Morgan fingerprint density at radius 2 is 2.30 bits per heavy atom. The molecule has 1 atom stereocenters. The maximum absolute atomic E-state index is 11.8. The number of rotatable bonds is 4. The van der Waals surface area contributed by atoms with Crippen LogP contribution in [0.3, 0.4) is 0 Å². The predicted octanol–water partition coefficient (Wildman–Crippen LogP) is 1.15. The molecular formula is C15H20N6O2. The van der Waals surface area contributed by atoms with Crippen molar-refractivity contribution in [2.45, 2.75) is 38.8 Å². The van der Waals surface area contributed by atoms with Gasteiger partial charge in [-0.3, -0.25) is 14.4 Å². The summed E-state index contributed by atoms with van der Waals surface area (Å²) in [5.74, 6) is 1.53. The third-order valence-corrected chi connectivity index (χ3v) is 4.52. The van der Waals surface area contributed by atoms with Gasteiger partial charge in [-0.15, -0.1) is 0 Å². The molecule has 0 aromatic carbocycles. The molecule has 0 radical (unpaired) electrons. The van der Waals surface area contributed by atoms with E-state index in [1.807, 2.05) is 22.7 Å². The highest BCUT2D eigenvalue weighted by atomic mass is 16.5. The summed E-state index contributed by atoms with van der Waals surface area (Å²) in [4.78, 5) is 20.2. The van der Waals surface area contributed by atoms with E-state index in [2.05, 4.69) is 20.1 Å². The lowest BCUT2D eigenvalue weighted by molar-refractivity contribution is -0.117. The molecule has 4 heterocycles. The summed E-state index contributed by atoms with van der Waals surface area (Å²) in [6.07, 6.45) is 6.40. The summed E-state index contributed by atoms with van der Waals surface area (Å²) in [7, 11) is 0. The van der Waals surface area contributed by atoms with Gasteiger partial charge in [-0.25, -0.2) is 0 Å². The van der Waals surface area contributed by atoms with Crippen molar-refractivity contribution in [2.75, 3.05) is 24.5 Å². The Kier molecular flexibility index (Phi) is 3.60. The highest BCUT2D eigenvalue weighted by Gasteiger charge is 2.28. The maximum atomic E-state index is 11.8. The van der Waals surface area contributed by atoms with Crippen LogP contribution in [0.15, 0.2) is 16.9 Å². The molecule has 0 N–H and O–H groups in total. The largest absolute Gasteiger partial charge is 0.338 e. The lowest BCUT2D eigenvalue weighted by Gasteiger charge is -2.14. The van der Waals surface area contributed by atoms with Crippen LogP contribution in [-0.4, -0.2) is 50.4 Å². The van der Waals surface area contributed by atoms with Crippen LogP contribution in [0.5, 0.6) is 0 Å². The SMILES string of the molecule is Cc1noc(CN2CCC(n3cc(N4CCCC4=O)cn3)C2)n1. The Bertz CT molecular complexity index is 708. The summed E-state index contributed by atoms with van der Waals surface area (Å²) in [6.45, 7) is 5.18. The molecule has 0 saturated carbocycles. The van der Waals surface area contributed by atoms with Gasteiger partial charge in [0.1, 0.15) is 0 Å². The monoisotopic (exact) mass is 316 g/mol. The lowest BCUT2D eigenvalue weighted by Crippen LogP contribution is -2.23. The second-order valence-corrected chi connectivity index (χ2v) is 6.24. The maximum Gasteiger partial charge on any atom is 0.240 e. The van der Waals surface area contributed by atoms with E-state index in [1.54, 1.807) is 6.20 Å². The van der Waals surface area contributed by atoms with Crippen LogP contribution in [0.2, 0.25) is 0 Å². The van der Waals surface area contributed by atoms with Crippen molar-refractivity contribution in [3.05, 3.63) is 24.1 Å². The fourth-order valence-electron chi connectivity index (χ4n) is 3.36. The molecule has 0 bridgehead atoms. The Morgan fingerprint density at radius 3 is 3.04 bits per heavy atom. The number of carbonyl (C=O) groups is 1. The summed E-state index contributed by atoms with van der Waals surface area (Å²) < 4.78 is 7.17. The molecule has 2 aliphatic rings. The van der Waals surface area contributed by atoms with E-state index in [4.69, 9.17) is 4.52 Å². The van der Waals surface area contributed by atoms with Gasteiger partial charge in [0.2, 0.25) is 11.8 Å². The van der Waals surface area contributed by atoms with Gasteiger partial charge in [-0.05, 0) is 19.8 Å². The first-order valence-corrected chi connectivity index (χ1v) is 8.05. The summed E-state index contributed by atoms with van der Waals surface area (Å²) in [6, 6.07) is 0.325. The standard InChI is InChI=1S/C15H20N6O2/c1-11-17-14(23-18-11)10-19-6-4-12(8-19)21-9-13(7-16-21)20-5-2-3-15(20)22/h7,9,12H,2-6,8,10H2,1H3. The molecule has 122 valence electrons. The summed E-state index contributed by atoms with van der Waals surface area (Å²) in [5, 5.41) is 8.29. The van der Waals surface area contributed by atoms with Crippen molar-refractivity contribution < 1.29 is 9.32 Å². The van der Waals surface area contributed by atoms with Gasteiger partial charge in [0, 0.05) is 32.3 Å². The van der Waals surface area contributed by atoms with Crippen LogP contribution < -0.4 is 4.90 Å². The van der Waals surface area contributed by atoms with E-state index >= 15 is 0 Å². The average molecular weight is 316 g/mol. The van der Waals surface area contributed by atoms with Crippen LogP contribution in [0.4, 0.5) is 5.69 Å². The second kappa shape index (κ2) is 5.77. The van der Waals surface area contributed by atoms with Gasteiger partial charge in [-0.2, -0.15) is 10.1 Å². The van der Waals surface area contributed by atoms with Gasteiger partial charge in [-0.1, -0.05) is 5.16 Å². The van der Waals surface area contributed by atoms with E-state index in [0.29, 0.717) is 30.7 Å². The fraction of sp³-hybridized carbons (Fsp3) is 0.600. The van der Waals surface area contributed by atoms with E-state index in [9.17, 15) is 4.79 Å². The quantitative estimate of drug-likeness (QED) is 0.842. The van der Waals surface area contributed by atoms with Crippen molar-refractivity contribution in [2.24, 2.45) is 0 Å². The minimum absolute atomic E-state index is 0.198. The molecule has 8 heteroatoms. The molecule has 2 aromatic heterocycles. The highest BCUT2D eigenvalue weighted by Crippen LogP contribution is 2.26. The number of anilines is 1. The van der Waals surface area contributed by atoms with Crippen LogP contribution in [0.25, 0.3) is 0 Å². The van der Waals surface area contributed by atoms with Gasteiger partial charge in [0.25, 0.3) is 0 Å². The first kappa shape index (κ1) is 14.4. The third-order valence-electron chi connectivity index (χ3n) is 4.52. The van der Waals surface area contributed by atoms with E-state index < -0.39 is 0 Å². The van der Waals surface area contributed by atoms with Crippen LogP contribution in [0, 0.1) is 6.92 Å². The first-order chi connectivity index (χ1) is 11.2. The minimum atomic E-state index is 0.198. The van der Waals surface area contributed by atoms with E-state index in [0.717, 1.165) is 38.2 Å². The number of nitrogens with zero attached hydrogens (tertiary/aromatic N) is 6. The topological polar surface area (TPSA) is 80.3 Å². The number of hydrogen-bond donors (Lipinski definition) is 0. The van der Waals surface area contributed by atoms with E-state index in [-0.39, 0.29) is 5.91 Å². The number of aryl methyl sites for hydroxylation is 1. The van der Waals surface area contributed by atoms with E-state index in [1.165, 1.54) is 0 Å². The Hall–Kier alpha value is -2.22. The van der Waals surface area contributed by atoms with Gasteiger partial charge < -0.3 is 9.42 Å². The fourth-order valence-corrected chi connectivity index (χ4v) is 3.36. The molecule has 2 fully saturated rings. The van der Waals surface area contributed by atoms with Gasteiger partial charge in [0.05, 0.1) is 24.5 Å². The zero-order valence-electron chi connectivity index (χ0n) is 13.2. The molecule has 23 heavy (non-hydrogen) atoms. The van der Waals surface area contributed by atoms with Crippen LogP contribution in [-0.2, 0) is 11.3 Å². The smallest absolute Gasteiger partial charge is 0.240 e. The Labute approximate surface area is 134 Å². The predicted molar refractivity (Wildman–Crippen MR) is 81.8 cm³/mol. The van der Waals surface area contributed by atoms with Gasteiger partial charge in [0.15, 0.2) is 5.82 Å². The number of amides is 1. The zero-order chi connectivity index (χ0) is 15.8. The summed E-state index contributed by atoms with van der Waals surface area (Å²) >= 11 is 0. The van der Waals surface area contributed by atoms with Crippen molar-refractivity contribution >= 4 is 11.6 Å². The highest BCUT2D eigenvalue weighted by molar-refractivity contribution is 5.95.